The van der Waals surface area contributed by atoms with Gasteiger partial charge in [0.1, 0.15) is 0 Å². The minimum Gasteiger partial charge on any atom is -0.274 e. The van der Waals surface area contributed by atoms with E-state index in [0.717, 1.165) is 5.56 Å². The number of hydrogen-bond acceptors (Lipinski definition) is 3. The molecular formula is C13H15NO3S. The van der Waals surface area contributed by atoms with Gasteiger partial charge in [0.25, 0.3) is 10.0 Å². The number of nitrogens with one attached hydrogen (secondary N) is 1. The van der Waals surface area contributed by atoms with Gasteiger partial charge >= 0.3 is 0 Å². The summed E-state index contributed by atoms with van der Waals surface area (Å²) in [4.78, 5) is 11.5. The van der Waals surface area contributed by atoms with Crippen LogP contribution in [-0.2, 0) is 14.8 Å². The summed E-state index contributed by atoms with van der Waals surface area (Å²) in [5, 5.41) is 0. The Labute approximate surface area is 107 Å². The summed E-state index contributed by atoms with van der Waals surface area (Å²) in [5.41, 5.74) is 0.957. The summed E-state index contributed by atoms with van der Waals surface area (Å²) in [6.45, 7) is 3.53. The lowest BCUT2D eigenvalue weighted by Crippen LogP contribution is -2.30. The predicted molar refractivity (Wildman–Crippen MR) is 69.2 cm³/mol. The first kappa shape index (κ1) is 14.3. The lowest BCUT2D eigenvalue weighted by molar-refractivity contribution is -0.119. The first-order valence-corrected chi connectivity index (χ1v) is 6.96. The fourth-order valence-corrected chi connectivity index (χ4v) is 2.29. The van der Waals surface area contributed by atoms with Crippen LogP contribution in [0.3, 0.4) is 0 Å². The van der Waals surface area contributed by atoms with Gasteiger partial charge in [-0.15, -0.1) is 11.8 Å². The van der Waals surface area contributed by atoms with Gasteiger partial charge < -0.3 is 0 Å². The fraction of sp³-hybridized carbons (Fsp3) is 0.308. The van der Waals surface area contributed by atoms with Gasteiger partial charge in [-0.25, -0.2) is 13.1 Å². The molecule has 0 saturated heterocycles. The molecule has 0 radical (unpaired) electrons. The van der Waals surface area contributed by atoms with Crippen molar-refractivity contribution in [1.29, 1.82) is 0 Å². The lowest BCUT2D eigenvalue weighted by Gasteiger charge is -2.06. The number of sulfonamides is 1. The third-order valence-electron chi connectivity index (χ3n) is 2.23. The van der Waals surface area contributed by atoms with Crippen molar-refractivity contribution in [3.8, 4) is 11.8 Å². The molecule has 1 aromatic carbocycles. The van der Waals surface area contributed by atoms with Crippen molar-refractivity contribution >= 4 is 15.9 Å². The van der Waals surface area contributed by atoms with Crippen LogP contribution in [0.25, 0.3) is 0 Å². The van der Waals surface area contributed by atoms with Crippen LogP contribution in [0.4, 0.5) is 0 Å². The summed E-state index contributed by atoms with van der Waals surface area (Å²) in [6, 6.07) is 6.30. The van der Waals surface area contributed by atoms with E-state index in [1.54, 1.807) is 19.1 Å². The number of carbonyl (C=O) groups is 1. The molecule has 0 spiro atoms. The van der Waals surface area contributed by atoms with Gasteiger partial charge in [0.05, 0.1) is 4.90 Å². The molecule has 0 saturated carbocycles. The summed E-state index contributed by atoms with van der Waals surface area (Å²) in [7, 11) is -3.76. The summed E-state index contributed by atoms with van der Waals surface area (Å²) in [5.74, 6) is 4.81. The number of amides is 1. The average molecular weight is 265 g/mol. The van der Waals surface area contributed by atoms with Crippen LogP contribution in [-0.4, -0.2) is 14.3 Å². The molecule has 0 bridgehead atoms. The molecule has 0 aliphatic rings. The molecule has 18 heavy (non-hydrogen) atoms. The molecule has 0 unspecified atom stereocenters. The van der Waals surface area contributed by atoms with Gasteiger partial charge in [0, 0.05) is 12.8 Å². The first-order valence-electron chi connectivity index (χ1n) is 5.47. The Morgan fingerprint density at radius 2 is 1.89 bits per heavy atom. The maximum Gasteiger partial charge on any atom is 0.264 e. The zero-order chi connectivity index (χ0) is 13.6. The van der Waals surface area contributed by atoms with Crippen molar-refractivity contribution in [3.05, 3.63) is 29.8 Å². The van der Waals surface area contributed by atoms with E-state index < -0.39 is 15.9 Å². The van der Waals surface area contributed by atoms with Gasteiger partial charge in [0.2, 0.25) is 5.91 Å². The Kier molecular flexibility index (Phi) is 4.93. The topological polar surface area (TPSA) is 63.2 Å². The lowest BCUT2D eigenvalue weighted by atomic mass is 10.2. The van der Waals surface area contributed by atoms with E-state index in [9.17, 15) is 13.2 Å². The van der Waals surface area contributed by atoms with Crippen molar-refractivity contribution in [2.75, 3.05) is 0 Å². The second-order valence-electron chi connectivity index (χ2n) is 3.77. The summed E-state index contributed by atoms with van der Waals surface area (Å²) in [6.07, 6.45) is 0.428. The van der Waals surface area contributed by atoms with Gasteiger partial charge in [0.15, 0.2) is 0 Å². The van der Waals surface area contributed by atoms with Crippen molar-refractivity contribution in [2.45, 2.75) is 31.6 Å². The second-order valence-corrected chi connectivity index (χ2v) is 5.45. The van der Waals surface area contributed by atoms with Crippen LogP contribution in [0, 0.1) is 18.8 Å². The Morgan fingerprint density at radius 3 is 2.44 bits per heavy atom. The van der Waals surface area contributed by atoms with Crippen molar-refractivity contribution in [1.82, 2.24) is 4.72 Å². The van der Waals surface area contributed by atoms with E-state index >= 15 is 0 Å². The molecule has 0 aliphatic heterocycles. The van der Waals surface area contributed by atoms with Crippen LogP contribution in [0.5, 0.6) is 0 Å². The van der Waals surface area contributed by atoms with Crippen molar-refractivity contribution < 1.29 is 13.2 Å². The van der Waals surface area contributed by atoms with E-state index in [4.69, 9.17) is 0 Å². The van der Waals surface area contributed by atoms with E-state index in [0.29, 0.717) is 6.42 Å². The van der Waals surface area contributed by atoms with E-state index in [1.807, 2.05) is 11.6 Å². The van der Waals surface area contributed by atoms with E-state index in [-0.39, 0.29) is 11.3 Å². The molecule has 0 aromatic heterocycles. The third kappa shape index (κ3) is 4.22. The van der Waals surface area contributed by atoms with Crippen LogP contribution < -0.4 is 4.72 Å². The molecular weight excluding hydrogens is 250 g/mol. The van der Waals surface area contributed by atoms with Crippen LogP contribution in [0.15, 0.2) is 29.2 Å². The quantitative estimate of drug-likeness (QED) is 0.841. The zero-order valence-corrected chi connectivity index (χ0v) is 11.2. The molecule has 1 aromatic rings. The fourth-order valence-electron chi connectivity index (χ4n) is 1.28. The van der Waals surface area contributed by atoms with Crippen molar-refractivity contribution in [3.63, 3.8) is 0 Å². The highest BCUT2D eigenvalue weighted by Gasteiger charge is 2.16. The van der Waals surface area contributed by atoms with Gasteiger partial charge in [-0.2, -0.15) is 0 Å². The van der Waals surface area contributed by atoms with Crippen LogP contribution in [0.1, 0.15) is 25.3 Å². The SMILES string of the molecule is CC#CCCC(=O)NS(=O)(=O)c1ccc(C)cc1. The number of hydrogen-bond donors (Lipinski definition) is 1. The standard InChI is InChI=1S/C13H15NO3S/c1-3-4-5-6-13(15)14-18(16,17)12-9-7-11(2)8-10-12/h7-10H,5-6H2,1-2H3,(H,14,15). The Hall–Kier alpha value is -1.80. The van der Waals surface area contributed by atoms with E-state index in [1.165, 1.54) is 12.1 Å². The maximum absolute atomic E-state index is 11.8. The molecule has 0 atom stereocenters. The largest absolute Gasteiger partial charge is 0.274 e. The maximum atomic E-state index is 11.8. The van der Waals surface area contributed by atoms with Crippen molar-refractivity contribution in [2.24, 2.45) is 0 Å². The number of rotatable bonds is 4. The molecule has 1 rings (SSSR count). The molecule has 0 aliphatic carbocycles. The molecule has 5 heteroatoms. The summed E-state index contributed by atoms with van der Waals surface area (Å²) < 4.78 is 25.7. The minimum atomic E-state index is -3.76. The number of benzene rings is 1. The third-order valence-corrected chi connectivity index (χ3v) is 3.62. The number of aryl methyl sites for hydroxylation is 1. The molecule has 1 N–H and O–H groups in total. The minimum absolute atomic E-state index is 0.0753. The number of carbonyl (C=O) groups excluding carboxylic acids is 1. The monoisotopic (exact) mass is 265 g/mol. The Bertz CT molecular complexity index is 577. The average Bonchev–Trinajstić information content (AvgIpc) is 2.29. The van der Waals surface area contributed by atoms with Gasteiger partial charge in [-0.05, 0) is 26.0 Å². The molecule has 0 fully saturated rings. The normalized spacial score (nSPS) is 10.3. The predicted octanol–water partition coefficient (Wildman–Crippen LogP) is 1.60. The Morgan fingerprint density at radius 1 is 1.28 bits per heavy atom. The first-order chi connectivity index (χ1) is 8.45. The van der Waals surface area contributed by atoms with Crippen LogP contribution >= 0.6 is 0 Å². The molecule has 0 heterocycles. The molecule has 1 amide bonds. The van der Waals surface area contributed by atoms with Gasteiger partial charge in [-0.3, -0.25) is 4.79 Å². The highest BCUT2D eigenvalue weighted by Crippen LogP contribution is 2.09. The smallest absolute Gasteiger partial charge is 0.264 e. The Balaban J connectivity index is 2.72. The van der Waals surface area contributed by atoms with Gasteiger partial charge in [-0.1, -0.05) is 17.7 Å². The highest BCUT2D eigenvalue weighted by atomic mass is 32.2. The van der Waals surface area contributed by atoms with E-state index in [2.05, 4.69) is 11.8 Å². The second kappa shape index (κ2) is 6.22. The molecule has 4 nitrogen and oxygen atoms in total. The zero-order valence-electron chi connectivity index (χ0n) is 10.4. The summed E-state index contributed by atoms with van der Waals surface area (Å²) >= 11 is 0. The highest BCUT2D eigenvalue weighted by molar-refractivity contribution is 7.90. The van der Waals surface area contributed by atoms with Crippen LogP contribution in [0.2, 0.25) is 0 Å². The molecule has 96 valence electrons.